The fourth-order valence-electron chi connectivity index (χ4n) is 1.62. The van der Waals surface area contributed by atoms with Crippen molar-refractivity contribution in [3.8, 4) is 0 Å². The van der Waals surface area contributed by atoms with Crippen LogP contribution in [-0.2, 0) is 0 Å². The first kappa shape index (κ1) is 14.6. The molecule has 0 aliphatic carbocycles. The number of rotatable bonds is 5. The normalized spacial score (nSPS) is 12.9. The molecule has 1 atom stereocenters. The summed E-state index contributed by atoms with van der Waals surface area (Å²) in [5, 5.41) is 19.0. The largest absolute Gasteiger partial charge is 0.388 e. The smallest absolute Gasteiger partial charge is 0.191 e. The second-order valence-corrected chi connectivity index (χ2v) is 6.40. The maximum atomic E-state index is 10.1. The van der Waals surface area contributed by atoms with E-state index >= 15 is 0 Å². The zero-order valence-corrected chi connectivity index (χ0v) is 13.2. The first-order valence-electron chi connectivity index (χ1n) is 6.03. The van der Waals surface area contributed by atoms with E-state index in [1.165, 1.54) is 11.8 Å². The number of thioether (sulfide) groups is 1. The minimum atomic E-state index is -0.504. The van der Waals surface area contributed by atoms with Crippen molar-refractivity contribution in [2.75, 3.05) is 5.75 Å². The molecule has 1 aromatic carbocycles. The number of nitrogens with zero attached hydrogens (tertiary/aromatic N) is 3. The molecule has 0 saturated carbocycles. The van der Waals surface area contributed by atoms with Crippen molar-refractivity contribution in [1.82, 2.24) is 14.8 Å². The first-order valence-corrected chi connectivity index (χ1v) is 7.81. The molecular formula is C13H16BrN3OS. The van der Waals surface area contributed by atoms with Gasteiger partial charge in [0.05, 0.1) is 6.10 Å². The molecule has 0 bridgehead atoms. The number of benzene rings is 1. The van der Waals surface area contributed by atoms with Crippen molar-refractivity contribution in [2.45, 2.75) is 31.1 Å². The van der Waals surface area contributed by atoms with Crippen LogP contribution >= 0.6 is 27.7 Å². The fourth-order valence-corrected chi connectivity index (χ4v) is 2.90. The summed E-state index contributed by atoms with van der Waals surface area (Å²) in [6, 6.07) is 8.02. The van der Waals surface area contributed by atoms with Gasteiger partial charge in [0.2, 0.25) is 0 Å². The van der Waals surface area contributed by atoms with E-state index in [-0.39, 0.29) is 0 Å². The molecule has 6 heteroatoms. The third-order valence-corrected chi connectivity index (χ3v) is 4.28. The molecule has 19 heavy (non-hydrogen) atoms. The van der Waals surface area contributed by atoms with Gasteiger partial charge in [-0.25, -0.2) is 0 Å². The first-order chi connectivity index (χ1) is 9.08. The lowest BCUT2D eigenvalue weighted by molar-refractivity contribution is 0.204. The van der Waals surface area contributed by atoms with Gasteiger partial charge in [-0.2, -0.15) is 0 Å². The topological polar surface area (TPSA) is 50.9 Å². The van der Waals surface area contributed by atoms with Crippen LogP contribution in [0.25, 0.3) is 0 Å². The van der Waals surface area contributed by atoms with Crippen LogP contribution in [0, 0.1) is 0 Å². The van der Waals surface area contributed by atoms with Gasteiger partial charge < -0.3 is 9.67 Å². The van der Waals surface area contributed by atoms with Gasteiger partial charge in [0.25, 0.3) is 0 Å². The van der Waals surface area contributed by atoms with E-state index in [1.54, 1.807) is 6.33 Å². The van der Waals surface area contributed by atoms with Gasteiger partial charge in [-0.1, -0.05) is 39.8 Å². The zero-order valence-electron chi connectivity index (χ0n) is 10.8. The Kier molecular flexibility index (Phi) is 5.01. The maximum Gasteiger partial charge on any atom is 0.191 e. The maximum absolute atomic E-state index is 10.1. The Morgan fingerprint density at radius 3 is 2.63 bits per heavy atom. The van der Waals surface area contributed by atoms with Crippen molar-refractivity contribution in [1.29, 1.82) is 0 Å². The van der Waals surface area contributed by atoms with Crippen LogP contribution in [-0.4, -0.2) is 25.6 Å². The lowest BCUT2D eigenvalue weighted by Crippen LogP contribution is -2.04. The summed E-state index contributed by atoms with van der Waals surface area (Å²) in [5.41, 5.74) is 0.909. The Bertz CT molecular complexity index is 527. The van der Waals surface area contributed by atoms with Crippen LogP contribution in [0.4, 0.5) is 0 Å². The second kappa shape index (κ2) is 6.54. The Morgan fingerprint density at radius 2 is 2.00 bits per heavy atom. The number of hydrogen-bond acceptors (Lipinski definition) is 4. The van der Waals surface area contributed by atoms with E-state index < -0.39 is 6.10 Å². The quantitative estimate of drug-likeness (QED) is 0.846. The van der Waals surface area contributed by atoms with Crippen LogP contribution in [0.2, 0.25) is 0 Å². The van der Waals surface area contributed by atoms with Crippen LogP contribution in [0.15, 0.2) is 40.2 Å². The number of aromatic nitrogens is 3. The number of aliphatic hydroxyl groups excluding tert-OH is 1. The monoisotopic (exact) mass is 341 g/mol. The van der Waals surface area contributed by atoms with Gasteiger partial charge in [-0.3, -0.25) is 0 Å². The Balaban J connectivity index is 1.98. The summed E-state index contributed by atoms with van der Waals surface area (Å²) in [6.45, 7) is 4.16. The SMILES string of the molecule is CC(C)n1cnnc1SCC(O)c1ccc(Br)cc1. The number of aliphatic hydroxyl groups is 1. The summed E-state index contributed by atoms with van der Waals surface area (Å²) < 4.78 is 3.01. The molecule has 1 aromatic heterocycles. The summed E-state index contributed by atoms with van der Waals surface area (Å²) in [4.78, 5) is 0. The highest BCUT2D eigenvalue weighted by molar-refractivity contribution is 9.10. The lowest BCUT2D eigenvalue weighted by atomic mass is 10.1. The Labute approximate surface area is 125 Å². The summed E-state index contributed by atoms with van der Waals surface area (Å²) in [5.74, 6) is 0.563. The predicted molar refractivity (Wildman–Crippen MR) is 80.2 cm³/mol. The van der Waals surface area contributed by atoms with Crippen molar-refractivity contribution >= 4 is 27.7 Å². The van der Waals surface area contributed by atoms with Gasteiger partial charge in [0, 0.05) is 16.3 Å². The van der Waals surface area contributed by atoms with E-state index in [9.17, 15) is 5.11 Å². The minimum Gasteiger partial charge on any atom is -0.388 e. The summed E-state index contributed by atoms with van der Waals surface area (Å²) in [6.07, 6.45) is 1.22. The van der Waals surface area contributed by atoms with Crippen LogP contribution in [0.3, 0.4) is 0 Å². The van der Waals surface area contributed by atoms with Crippen molar-refractivity contribution in [3.63, 3.8) is 0 Å². The van der Waals surface area contributed by atoms with Gasteiger partial charge in [0.1, 0.15) is 6.33 Å². The molecule has 2 rings (SSSR count). The third kappa shape index (κ3) is 3.81. The van der Waals surface area contributed by atoms with Crippen molar-refractivity contribution in [3.05, 3.63) is 40.6 Å². The highest BCUT2D eigenvalue weighted by atomic mass is 79.9. The standard InChI is InChI=1S/C13H16BrN3OS/c1-9(2)17-8-15-16-13(17)19-7-12(18)10-3-5-11(14)6-4-10/h3-6,8-9,12,18H,7H2,1-2H3. The Hall–Kier alpha value is -0.850. The van der Waals surface area contributed by atoms with E-state index in [1.807, 2.05) is 28.8 Å². The molecule has 1 unspecified atom stereocenters. The Morgan fingerprint density at radius 1 is 1.32 bits per heavy atom. The van der Waals surface area contributed by atoms with Crippen LogP contribution in [0.1, 0.15) is 31.6 Å². The molecule has 0 aliphatic rings. The molecule has 102 valence electrons. The van der Waals surface area contributed by atoms with Crippen LogP contribution in [0.5, 0.6) is 0 Å². The van der Waals surface area contributed by atoms with Crippen molar-refractivity contribution in [2.24, 2.45) is 0 Å². The molecule has 4 nitrogen and oxygen atoms in total. The van der Waals surface area contributed by atoms with E-state index in [0.717, 1.165) is 15.2 Å². The van der Waals surface area contributed by atoms with E-state index in [0.29, 0.717) is 11.8 Å². The minimum absolute atomic E-state index is 0.322. The lowest BCUT2D eigenvalue weighted by Gasteiger charge is -2.12. The van der Waals surface area contributed by atoms with Gasteiger partial charge >= 0.3 is 0 Å². The highest BCUT2D eigenvalue weighted by Gasteiger charge is 2.12. The van der Waals surface area contributed by atoms with E-state index in [2.05, 4.69) is 40.0 Å². The van der Waals surface area contributed by atoms with E-state index in [4.69, 9.17) is 0 Å². The number of halogens is 1. The van der Waals surface area contributed by atoms with Gasteiger partial charge in [0.15, 0.2) is 5.16 Å². The average Bonchev–Trinajstić information content (AvgIpc) is 2.85. The molecule has 1 heterocycles. The molecule has 0 amide bonds. The molecule has 0 saturated heterocycles. The molecule has 0 radical (unpaired) electrons. The number of hydrogen-bond donors (Lipinski definition) is 1. The summed E-state index contributed by atoms with van der Waals surface area (Å²) >= 11 is 4.90. The molecule has 1 N–H and O–H groups in total. The average molecular weight is 342 g/mol. The molecule has 2 aromatic rings. The fraction of sp³-hybridized carbons (Fsp3) is 0.385. The molecule has 0 fully saturated rings. The molecule has 0 spiro atoms. The molecular weight excluding hydrogens is 326 g/mol. The van der Waals surface area contributed by atoms with Crippen molar-refractivity contribution < 1.29 is 5.11 Å². The third-order valence-electron chi connectivity index (χ3n) is 2.72. The highest BCUT2D eigenvalue weighted by Crippen LogP contribution is 2.25. The van der Waals surface area contributed by atoms with Gasteiger partial charge in [-0.15, -0.1) is 10.2 Å². The summed E-state index contributed by atoms with van der Waals surface area (Å²) in [7, 11) is 0. The van der Waals surface area contributed by atoms with Gasteiger partial charge in [-0.05, 0) is 31.5 Å². The second-order valence-electron chi connectivity index (χ2n) is 4.49. The van der Waals surface area contributed by atoms with Crippen LogP contribution < -0.4 is 0 Å². The predicted octanol–water partition coefficient (Wildman–Crippen LogP) is 3.45. The zero-order chi connectivity index (χ0) is 13.8. The molecule has 0 aliphatic heterocycles.